The van der Waals surface area contributed by atoms with Crippen LogP contribution in [-0.2, 0) is 23.8 Å². The number of carbonyl (C=O) groups excluding carboxylic acids is 4. The van der Waals surface area contributed by atoms with Crippen molar-refractivity contribution < 1.29 is 38.5 Å². The van der Waals surface area contributed by atoms with Crippen molar-refractivity contribution in [1.29, 1.82) is 0 Å². The van der Waals surface area contributed by atoms with Gasteiger partial charge in [0.2, 0.25) is 5.91 Å². The Kier molecular flexibility index (Phi) is 10.5. The molecule has 0 bridgehead atoms. The van der Waals surface area contributed by atoms with Crippen LogP contribution >= 0.6 is 0 Å². The Hall–Kier alpha value is -3.60. The monoisotopic (exact) mass is 491 g/mol. The van der Waals surface area contributed by atoms with Crippen LogP contribution in [0.1, 0.15) is 19.8 Å². The first kappa shape index (κ1) is 27.6. The number of nitrogens with zero attached hydrogens (tertiary/aromatic N) is 2. The highest BCUT2D eigenvalue weighted by Gasteiger charge is 2.57. The molecule has 11 heteroatoms. The van der Waals surface area contributed by atoms with Crippen molar-refractivity contribution >= 4 is 24.1 Å². The highest BCUT2D eigenvalue weighted by molar-refractivity contribution is 6.00. The summed E-state index contributed by atoms with van der Waals surface area (Å²) in [5.74, 6) is -1.71. The molecule has 2 aliphatic rings. The van der Waals surface area contributed by atoms with Crippen LogP contribution < -0.4 is 5.32 Å². The molecule has 192 valence electrons. The molecule has 35 heavy (non-hydrogen) atoms. The van der Waals surface area contributed by atoms with Crippen molar-refractivity contribution in [3.63, 3.8) is 0 Å². The molecule has 0 unspecified atom stereocenters. The third kappa shape index (κ3) is 6.95. The number of esters is 1. The predicted molar refractivity (Wildman–Crippen MR) is 126 cm³/mol. The summed E-state index contributed by atoms with van der Waals surface area (Å²) >= 11 is 0. The Morgan fingerprint density at radius 3 is 2.40 bits per heavy atom. The van der Waals surface area contributed by atoms with Crippen molar-refractivity contribution in [2.75, 3.05) is 39.5 Å². The van der Waals surface area contributed by atoms with E-state index in [1.165, 1.54) is 35.0 Å². The molecule has 0 aliphatic carbocycles. The van der Waals surface area contributed by atoms with E-state index in [1.54, 1.807) is 0 Å². The van der Waals surface area contributed by atoms with Gasteiger partial charge in [0, 0.05) is 19.6 Å². The van der Waals surface area contributed by atoms with Gasteiger partial charge in [-0.3, -0.25) is 4.79 Å². The van der Waals surface area contributed by atoms with E-state index in [0.717, 1.165) is 0 Å². The lowest BCUT2D eigenvalue weighted by Crippen LogP contribution is -2.61. The first-order chi connectivity index (χ1) is 16.8. The molecule has 2 rings (SSSR count). The van der Waals surface area contributed by atoms with E-state index >= 15 is 0 Å². The van der Waals surface area contributed by atoms with Crippen molar-refractivity contribution in [3.05, 3.63) is 49.2 Å². The molecule has 1 saturated heterocycles. The Bertz CT molecular complexity index is 882. The smallest absolute Gasteiger partial charge is 0.410 e. The lowest BCUT2D eigenvalue weighted by Gasteiger charge is -2.44. The number of ether oxygens (including phenoxy) is 3. The number of amides is 3. The highest BCUT2D eigenvalue weighted by Crippen LogP contribution is 2.44. The number of aliphatic hydroxyl groups is 1. The van der Waals surface area contributed by atoms with Crippen LogP contribution in [0.15, 0.2) is 49.2 Å². The van der Waals surface area contributed by atoms with Gasteiger partial charge in [0.1, 0.15) is 25.5 Å². The lowest BCUT2D eigenvalue weighted by molar-refractivity contribution is -0.162. The summed E-state index contributed by atoms with van der Waals surface area (Å²) in [7, 11) is 0. The van der Waals surface area contributed by atoms with Crippen LogP contribution in [0.3, 0.4) is 0 Å². The van der Waals surface area contributed by atoms with Gasteiger partial charge in [-0.15, -0.1) is 0 Å². The zero-order chi connectivity index (χ0) is 26.0. The van der Waals surface area contributed by atoms with Gasteiger partial charge in [-0.2, -0.15) is 0 Å². The van der Waals surface area contributed by atoms with Crippen LogP contribution in [0, 0.1) is 5.92 Å². The Morgan fingerprint density at radius 1 is 1.14 bits per heavy atom. The third-order valence-electron chi connectivity index (χ3n) is 5.52. The maximum Gasteiger partial charge on any atom is 0.410 e. The van der Waals surface area contributed by atoms with Gasteiger partial charge in [-0.25, -0.2) is 14.4 Å². The standard InChI is InChI=1S/C24H33N3O8/c1-5-11-33-22(30)20-17(14-18-19(16(4)28)21(29)27(18)20)15-26(24(32)35-13-7-3)10-8-9-25-23(31)34-12-6-2/h5-7,16,18-19,28H,1-3,8-15H2,4H3,(H,25,31)/t16-,18-,19-/m1/s1. The minimum absolute atomic E-state index is 0.00220. The van der Waals surface area contributed by atoms with E-state index in [4.69, 9.17) is 14.2 Å². The third-order valence-corrected chi connectivity index (χ3v) is 5.52. The summed E-state index contributed by atoms with van der Waals surface area (Å²) in [6.45, 7) is 12.5. The van der Waals surface area contributed by atoms with Crippen LogP contribution in [-0.4, -0.2) is 90.6 Å². The first-order valence-corrected chi connectivity index (χ1v) is 11.3. The first-order valence-electron chi connectivity index (χ1n) is 11.3. The van der Waals surface area contributed by atoms with Crippen molar-refractivity contribution in [1.82, 2.24) is 15.1 Å². The largest absolute Gasteiger partial charge is 0.457 e. The number of nitrogens with one attached hydrogen (secondary N) is 1. The zero-order valence-corrected chi connectivity index (χ0v) is 19.9. The average Bonchev–Trinajstić information content (AvgIpc) is 3.14. The lowest BCUT2D eigenvalue weighted by atomic mass is 9.83. The van der Waals surface area contributed by atoms with E-state index < -0.39 is 36.2 Å². The number of fused-ring (bicyclic) bond motifs is 1. The molecular formula is C24H33N3O8. The highest BCUT2D eigenvalue weighted by atomic mass is 16.6. The van der Waals surface area contributed by atoms with Gasteiger partial charge in [0.05, 0.1) is 18.1 Å². The number of rotatable bonds is 14. The van der Waals surface area contributed by atoms with E-state index in [0.29, 0.717) is 18.4 Å². The van der Waals surface area contributed by atoms with Gasteiger partial charge in [-0.1, -0.05) is 38.0 Å². The molecular weight excluding hydrogens is 458 g/mol. The molecule has 0 spiro atoms. The summed E-state index contributed by atoms with van der Waals surface area (Å²) in [4.78, 5) is 52.4. The van der Waals surface area contributed by atoms with E-state index in [-0.39, 0.29) is 51.1 Å². The number of aliphatic hydroxyl groups excluding tert-OH is 1. The van der Waals surface area contributed by atoms with Crippen LogP contribution in [0.4, 0.5) is 9.59 Å². The molecule has 0 radical (unpaired) electrons. The number of β-lactam (4-membered cyclic amide) rings is 1. The summed E-state index contributed by atoms with van der Waals surface area (Å²) in [5, 5.41) is 12.6. The molecule has 0 aromatic rings. The van der Waals surface area contributed by atoms with Crippen molar-refractivity contribution in [3.8, 4) is 0 Å². The molecule has 3 amide bonds. The van der Waals surface area contributed by atoms with Gasteiger partial charge >= 0.3 is 18.2 Å². The molecule has 0 aromatic carbocycles. The molecule has 2 aliphatic heterocycles. The minimum atomic E-state index is -0.880. The maximum atomic E-state index is 12.8. The second kappa shape index (κ2) is 13.3. The Labute approximate surface area is 204 Å². The Morgan fingerprint density at radius 2 is 1.77 bits per heavy atom. The fourth-order valence-electron chi connectivity index (χ4n) is 4.03. The van der Waals surface area contributed by atoms with Gasteiger partial charge < -0.3 is 34.4 Å². The predicted octanol–water partition coefficient (Wildman–Crippen LogP) is 1.51. The molecule has 0 aromatic heterocycles. The number of carbonyl (C=O) groups is 4. The molecule has 11 nitrogen and oxygen atoms in total. The SMILES string of the molecule is C=CCOC(=O)NCCCN(CC1=C(C(=O)OCC=C)N2C(=O)[C@H]([C@@H](C)O)[C@H]2C1)C(=O)OCC=C. The average molecular weight is 492 g/mol. The quantitative estimate of drug-likeness (QED) is 0.123. The van der Waals surface area contributed by atoms with Gasteiger partial charge in [0.25, 0.3) is 0 Å². The van der Waals surface area contributed by atoms with Crippen molar-refractivity contribution in [2.24, 2.45) is 5.92 Å². The summed E-state index contributed by atoms with van der Waals surface area (Å²) < 4.78 is 15.2. The Balaban J connectivity index is 2.17. The molecule has 1 fully saturated rings. The normalized spacial score (nSPS) is 19.1. The number of hydrogen-bond donors (Lipinski definition) is 2. The molecule has 2 heterocycles. The fourth-order valence-corrected chi connectivity index (χ4v) is 4.03. The molecule has 2 N–H and O–H groups in total. The van der Waals surface area contributed by atoms with Crippen LogP contribution in [0.5, 0.6) is 0 Å². The van der Waals surface area contributed by atoms with E-state index in [2.05, 4.69) is 25.1 Å². The maximum absolute atomic E-state index is 12.8. The topological polar surface area (TPSA) is 135 Å². The van der Waals surface area contributed by atoms with Gasteiger partial charge in [-0.05, 0) is 25.3 Å². The summed E-state index contributed by atoms with van der Waals surface area (Å²) in [6, 6.07) is -0.392. The van der Waals surface area contributed by atoms with E-state index in [9.17, 15) is 24.3 Å². The van der Waals surface area contributed by atoms with E-state index in [1.807, 2.05) is 0 Å². The van der Waals surface area contributed by atoms with Crippen molar-refractivity contribution in [2.45, 2.75) is 31.9 Å². The fraction of sp³-hybridized carbons (Fsp3) is 0.500. The molecule has 3 atom stereocenters. The summed E-state index contributed by atoms with van der Waals surface area (Å²) in [5.41, 5.74) is 0.598. The van der Waals surface area contributed by atoms with Crippen LogP contribution in [0.25, 0.3) is 0 Å². The van der Waals surface area contributed by atoms with Gasteiger partial charge in [0.15, 0.2) is 0 Å². The minimum Gasteiger partial charge on any atom is -0.457 e. The van der Waals surface area contributed by atoms with Crippen LogP contribution in [0.2, 0.25) is 0 Å². The summed E-state index contributed by atoms with van der Waals surface area (Å²) in [6.07, 6.45) is 2.83. The second-order valence-electron chi connectivity index (χ2n) is 8.04. The zero-order valence-electron chi connectivity index (χ0n) is 19.9. The molecule has 0 saturated carbocycles. The number of hydrogen-bond acceptors (Lipinski definition) is 8. The number of alkyl carbamates (subject to hydrolysis) is 1. The second-order valence-corrected chi connectivity index (χ2v) is 8.04.